The Hall–Kier alpha value is -1.44. The monoisotopic (exact) mass is 248 g/mol. The molecule has 1 aromatic carbocycles. The van der Waals surface area contributed by atoms with Gasteiger partial charge < -0.3 is 4.74 Å². The van der Waals surface area contributed by atoms with Gasteiger partial charge in [-0.3, -0.25) is 13.9 Å². The van der Waals surface area contributed by atoms with Gasteiger partial charge >= 0.3 is 16.4 Å². The van der Waals surface area contributed by atoms with Crippen molar-refractivity contribution in [2.24, 2.45) is 0 Å². The Labute approximate surface area is 93.4 Å². The average Bonchev–Trinajstić information content (AvgIpc) is 2.16. The Balaban J connectivity index is 0.000000385. The Kier molecular flexibility index (Phi) is 6.31. The predicted octanol–water partition coefficient (Wildman–Crippen LogP) is 1.35. The van der Waals surface area contributed by atoms with Crippen LogP contribution >= 0.6 is 0 Å². The molecule has 2 N–H and O–H groups in total. The van der Waals surface area contributed by atoms with E-state index in [4.69, 9.17) is 22.3 Å². The smallest absolute Gasteiger partial charge is 0.394 e. The van der Waals surface area contributed by atoms with Crippen molar-refractivity contribution < 1.29 is 27.1 Å². The molecule has 0 aliphatic rings. The quantitative estimate of drug-likeness (QED) is 0.465. The van der Waals surface area contributed by atoms with Crippen molar-refractivity contribution in [2.75, 3.05) is 0 Å². The number of para-hydroxylation sites is 1. The minimum Gasteiger partial charge on any atom is -0.427 e. The fourth-order valence-electron chi connectivity index (χ4n) is 0.692. The van der Waals surface area contributed by atoms with E-state index in [1.54, 1.807) is 19.1 Å². The number of hydrogen-bond donors (Lipinski definition) is 2. The molecule has 0 unspecified atom stereocenters. The number of rotatable bonds is 2. The number of esters is 1. The van der Waals surface area contributed by atoms with Crippen LogP contribution in [0.4, 0.5) is 0 Å². The zero-order valence-corrected chi connectivity index (χ0v) is 9.35. The second kappa shape index (κ2) is 6.94. The molecule has 0 bridgehead atoms. The first-order chi connectivity index (χ1) is 7.33. The maximum Gasteiger partial charge on any atom is 0.394 e. The predicted molar refractivity (Wildman–Crippen MR) is 56.5 cm³/mol. The molecule has 6 nitrogen and oxygen atoms in total. The number of hydrogen-bond acceptors (Lipinski definition) is 4. The third-order valence-corrected chi connectivity index (χ3v) is 1.26. The van der Waals surface area contributed by atoms with Gasteiger partial charge in [-0.05, 0) is 12.1 Å². The molecule has 0 spiro atoms. The Morgan fingerprint density at radius 2 is 1.69 bits per heavy atom. The summed E-state index contributed by atoms with van der Waals surface area (Å²) in [5, 5.41) is 0. The molecule has 0 heterocycles. The highest BCUT2D eigenvalue weighted by Gasteiger charge is 1.98. The van der Waals surface area contributed by atoms with E-state index in [1.165, 1.54) is 0 Å². The Bertz CT molecular complexity index is 403. The zero-order valence-electron chi connectivity index (χ0n) is 8.53. The van der Waals surface area contributed by atoms with Crippen LogP contribution in [-0.2, 0) is 15.2 Å². The third-order valence-electron chi connectivity index (χ3n) is 1.26. The van der Waals surface area contributed by atoms with Gasteiger partial charge in [0.25, 0.3) is 0 Å². The topological polar surface area (TPSA) is 101 Å². The van der Waals surface area contributed by atoms with Gasteiger partial charge in [0.1, 0.15) is 5.75 Å². The van der Waals surface area contributed by atoms with Gasteiger partial charge in [-0.25, -0.2) is 0 Å². The molecular weight excluding hydrogens is 236 g/mol. The van der Waals surface area contributed by atoms with Gasteiger partial charge in [0.2, 0.25) is 0 Å². The lowest BCUT2D eigenvalue weighted by atomic mass is 10.3. The molecule has 16 heavy (non-hydrogen) atoms. The van der Waals surface area contributed by atoms with Crippen LogP contribution in [-0.4, -0.2) is 23.5 Å². The maximum atomic E-state index is 10.8. The summed E-state index contributed by atoms with van der Waals surface area (Å²) >= 11 is 0. The van der Waals surface area contributed by atoms with Crippen molar-refractivity contribution in [1.82, 2.24) is 0 Å². The molecule has 0 amide bonds. The molecule has 0 fully saturated rings. The molecule has 1 aromatic rings. The summed E-state index contributed by atoms with van der Waals surface area (Å²) < 4.78 is 36.5. The summed E-state index contributed by atoms with van der Waals surface area (Å²) in [6, 6.07) is 9.06. The first-order valence-electron chi connectivity index (χ1n) is 4.28. The molecule has 7 heteroatoms. The summed E-state index contributed by atoms with van der Waals surface area (Å²) in [5.41, 5.74) is 0. The second-order valence-corrected chi connectivity index (χ2v) is 3.48. The van der Waals surface area contributed by atoms with Crippen LogP contribution in [0.5, 0.6) is 5.75 Å². The molecule has 0 aliphatic heterocycles. The summed E-state index contributed by atoms with van der Waals surface area (Å²) in [6.07, 6.45) is 0.412. The molecule has 0 radical (unpaired) electrons. The highest BCUT2D eigenvalue weighted by atomic mass is 32.3. The van der Waals surface area contributed by atoms with Crippen LogP contribution in [0.25, 0.3) is 0 Å². The van der Waals surface area contributed by atoms with E-state index in [2.05, 4.69) is 0 Å². The lowest BCUT2D eigenvalue weighted by Crippen LogP contribution is -2.04. The number of benzene rings is 1. The highest BCUT2D eigenvalue weighted by Crippen LogP contribution is 2.08. The molecule has 0 aliphatic carbocycles. The van der Waals surface area contributed by atoms with E-state index in [-0.39, 0.29) is 5.97 Å². The Morgan fingerprint density at radius 3 is 2.06 bits per heavy atom. The fraction of sp³-hybridized carbons (Fsp3) is 0.222. The lowest BCUT2D eigenvalue weighted by Gasteiger charge is -1.99. The first kappa shape index (κ1) is 14.6. The highest BCUT2D eigenvalue weighted by molar-refractivity contribution is 7.79. The summed E-state index contributed by atoms with van der Waals surface area (Å²) in [6.45, 7) is 1.77. The molecule has 0 aromatic heterocycles. The lowest BCUT2D eigenvalue weighted by molar-refractivity contribution is -0.134. The van der Waals surface area contributed by atoms with Gasteiger partial charge in [0, 0.05) is 6.42 Å². The summed E-state index contributed by atoms with van der Waals surface area (Å²) in [4.78, 5) is 10.8. The van der Waals surface area contributed by atoms with E-state index in [0.29, 0.717) is 12.2 Å². The van der Waals surface area contributed by atoms with E-state index < -0.39 is 10.4 Å². The van der Waals surface area contributed by atoms with E-state index in [1.807, 2.05) is 18.2 Å². The van der Waals surface area contributed by atoms with Crippen LogP contribution in [0.3, 0.4) is 0 Å². The molecule has 1 rings (SSSR count). The average molecular weight is 248 g/mol. The van der Waals surface area contributed by atoms with Crippen LogP contribution in [0.2, 0.25) is 0 Å². The van der Waals surface area contributed by atoms with Crippen LogP contribution < -0.4 is 4.74 Å². The standard InChI is InChI=1S/C9H10O2.H2O4S/c1-2-9(10)11-8-6-4-3-5-7-8;1-5(2,3)4/h3-7H,2H2,1H3;(H2,1,2,3,4). The van der Waals surface area contributed by atoms with Gasteiger partial charge in [0.05, 0.1) is 0 Å². The van der Waals surface area contributed by atoms with Crippen LogP contribution in [0, 0.1) is 0 Å². The maximum absolute atomic E-state index is 10.8. The van der Waals surface area contributed by atoms with Gasteiger partial charge in [0.15, 0.2) is 0 Å². The van der Waals surface area contributed by atoms with Crippen molar-refractivity contribution in [3.8, 4) is 5.75 Å². The number of carbonyl (C=O) groups is 1. The van der Waals surface area contributed by atoms with Crippen molar-refractivity contribution in [3.63, 3.8) is 0 Å². The van der Waals surface area contributed by atoms with Crippen LogP contribution in [0.15, 0.2) is 30.3 Å². The van der Waals surface area contributed by atoms with Gasteiger partial charge in [-0.2, -0.15) is 8.42 Å². The first-order valence-corrected chi connectivity index (χ1v) is 5.68. The normalized spacial score (nSPS) is 9.94. The van der Waals surface area contributed by atoms with Crippen molar-refractivity contribution in [1.29, 1.82) is 0 Å². The van der Waals surface area contributed by atoms with Gasteiger partial charge in [-0.15, -0.1) is 0 Å². The fourth-order valence-corrected chi connectivity index (χ4v) is 0.692. The molecule has 0 saturated heterocycles. The summed E-state index contributed by atoms with van der Waals surface area (Å²) in [7, 11) is -4.67. The van der Waals surface area contributed by atoms with Crippen molar-refractivity contribution in [2.45, 2.75) is 13.3 Å². The largest absolute Gasteiger partial charge is 0.427 e. The van der Waals surface area contributed by atoms with Crippen LogP contribution in [0.1, 0.15) is 13.3 Å². The van der Waals surface area contributed by atoms with E-state index >= 15 is 0 Å². The molecule has 90 valence electrons. The van der Waals surface area contributed by atoms with Gasteiger partial charge in [-0.1, -0.05) is 25.1 Å². The summed E-state index contributed by atoms with van der Waals surface area (Å²) in [5.74, 6) is 0.413. The Morgan fingerprint density at radius 1 is 1.25 bits per heavy atom. The van der Waals surface area contributed by atoms with Crippen molar-refractivity contribution >= 4 is 16.4 Å². The third kappa shape index (κ3) is 10.6. The second-order valence-electron chi connectivity index (χ2n) is 2.59. The molecular formula is C9H12O6S. The molecule has 0 atom stereocenters. The zero-order chi connectivity index (χ0) is 12.6. The minimum absolute atomic E-state index is 0.198. The SMILES string of the molecule is CCC(=O)Oc1ccccc1.O=S(=O)(O)O. The van der Waals surface area contributed by atoms with E-state index in [0.717, 1.165) is 0 Å². The van der Waals surface area contributed by atoms with Crippen molar-refractivity contribution in [3.05, 3.63) is 30.3 Å². The van der Waals surface area contributed by atoms with E-state index in [9.17, 15) is 4.79 Å². The number of ether oxygens (including phenoxy) is 1. The minimum atomic E-state index is -4.67. The molecule has 0 saturated carbocycles. The number of carbonyl (C=O) groups excluding carboxylic acids is 1.